The zero-order valence-electron chi connectivity index (χ0n) is 13.2. The van der Waals surface area contributed by atoms with Gasteiger partial charge < -0.3 is 5.11 Å². The third-order valence-electron chi connectivity index (χ3n) is 3.54. The molecule has 4 rings (SSSR count). The fraction of sp³-hybridized carbons (Fsp3) is 0. The van der Waals surface area contributed by atoms with E-state index in [1.807, 2.05) is 30.3 Å². The first kappa shape index (κ1) is 15.8. The molecular weight excluding hydrogens is 293 g/mol. The number of hydrogen-bond acceptors (Lipinski definition) is 2. The SMILES string of the molecule is Oc1cccc2cccnc12.[B](c1ccccc1)c1ccccc1. The summed E-state index contributed by atoms with van der Waals surface area (Å²) >= 11 is 0. The summed E-state index contributed by atoms with van der Waals surface area (Å²) in [6, 6.07) is 29.8. The van der Waals surface area contributed by atoms with E-state index in [9.17, 15) is 5.11 Å². The molecule has 0 fully saturated rings. The van der Waals surface area contributed by atoms with Crippen molar-refractivity contribution in [2.24, 2.45) is 0 Å². The Hall–Kier alpha value is -3.07. The third kappa shape index (κ3) is 4.23. The average Bonchev–Trinajstić information content (AvgIpc) is 2.65. The molecule has 24 heavy (non-hydrogen) atoms. The Morgan fingerprint density at radius 3 is 1.79 bits per heavy atom. The molecule has 115 valence electrons. The smallest absolute Gasteiger partial charge is 0.191 e. The van der Waals surface area contributed by atoms with Gasteiger partial charge in [-0.25, -0.2) is 0 Å². The minimum Gasteiger partial charge on any atom is -0.506 e. The molecule has 2 nitrogen and oxygen atoms in total. The Morgan fingerprint density at radius 1 is 0.625 bits per heavy atom. The van der Waals surface area contributed by atoms with Crippen molar-refractivity contribution in [1.82, 2.24) is 4.98 Å². The molecule has 0 aliphatic carbocycles. The fourth-order valence-electron chi connectivity index (χ4n) is 2.38. The minimum atomic E-state index is 0.239. The van der Waals surface area contributed by atoms with E-state index in [0.29, 0.717) is 5.52 Å². The molecule has 3 aromatic carbocycles. The van der Waals surface area contributed by atoms with Crippen molar-refractivity contribution in [1.29, 1.82) is 0 Å². The van der Waals surface area contributed by atoms with Gasteiger partial charge in [0.1, 0.15) is 11.3 Å². The lowest BCUT2D eigenvalue weighted by atomic mass is 9.64. The molecule has 0 spiro atoms. The second-order valence-electron chi connectivity index (χ2n) is 5.32. The first-order valence-electron chi connectivity index (χ1n) is 7.80. The molecule has 0 aliphatic heterocycles. The van der Waals surface area contributed by atoms with Crippen molar-refractivity contribution in [2.75, 3.05) is 0 Å². The predicted molar refractivity (Wildman–Crippen MR) is 101 cm³/mol. The van der Waals surface area contributed by atoms with E-state index in [4.69, 9.17) is 0 Å². The summed E-state index contributed by atoms with van der Waals surface area (Å²) in [5.41, 5.74) is 3.15. The highest BCUT2D eigenvalue weighted by atomic mass is 16.3. The van der Waals surface area contributed by atoms with Gasteiger partial charge in [-0.15, -0.1) is 0 Å². The summed E-state index contributed by atoms with van der Waals surface area (Å²) < 4.78 is 0. The van der Waals surface area contributed by atoms with Crippen LogP contribution in [0.4, 0.5) is 0 Å². The minimum absolute atomic E-state index is 0.239. The van der Waals surface area contributed by atoms with Gasteiger partial charge in [0.05, 0.1) is 0 Å². The first-order valence-corrected chi connectivity index (χ1v) is 7.80. The van der Waals surface area contributed by atoms with Crippen molar-refractivity contribution in [3.8, 4) is 5.75 Å². The number of hydrogen-bond donors (Lipinski definition) is 1. The monoisotopic (exact) mass is 310 g/mol. The lowest BCUT2D eigenvalue weighted by molar-refractivity contribution is 0.480. The fourth-order valence-corrected chi connectivity index (χ4v) is 2.38. The van der Waals surface area contributed by atoms with Gasteiger partial charge in [-0.3, -0.25) is 4.98 Å². The molecule has 1 heterocycles. The Kier molecular flexibility index (Phi) is 5.26. The Morgan fingerprint density at radius 2 is 1.21 bits per heavy atom. The number of aromatic hydroxyl groups is 1. The third-order valence-corrected chi connectivity index (χ3v) is 3.54. The van der Waals surface area contributed by atoms with E-state index in [0.717, 1.165) is 5.39 Å². The van der Waals surface area contributed by atoms with Crippen molar-refractivity contribution in [3.05, 3.63) is 97.2 Å². The number of pyridine rings is 1. The van der Waals surface area contributed by atoms with Crippen LogP contribution in [0.5, 0.6) is 5.75 Å². The molecule has 0 atom stereocenters. The van der Waals surface area contributed by atoms with Crippen molar-refractivity contribution in [2.45, 2.75) is 0 Å². The summed E-state index contributed by atoms with van der Waals surface area (Å²) in [6.07, 6.45) is 1.67. The molecule has 0 bridgehead atoms. The van der Waals surface area contributed by atoms with Crippen LogP contribution >= 0.6 is 0 Å². The number of aromatic nitrogens is 1. The summed E-state index contributed by atoms with van der Waals surface area (Å²) in [5, 5.41) is 10.3. The number of phenols is 1. The highest BCUT2D eigenvalue weighted by Gasteiger charge is 1.96. The standard InChI is InChI=1S/C12H10B.C9H7NO/c1-3-7-11(8-4-1)13-12-9-5-2-6-10-12;11-8-5-1-3-7-4-2-6-10-9(7)8/h1-10H;1-6,11H. The topological polar surface area (TPSA) is 33.1 Å². The Bertz CT molecular complexity index is 852. The normalized spacial score (nSPS) is 9.83. The number of benzene rings is 3. The molecule has 3 heteroatoms. The van der Waals surface area contributed by atoms with Crippen LogP contribution in [0.25, 0.3) is 10.9 Å². The average molecular weight is 310 g/mol. The van der Waals surface area contributed by atoms with Crippen LogP contribution in [0.3, 0.4) is 0 Å². The molecule has 0 amide bonds. The molecule has 1 aromatic heterocycles. The summed E-state index contributed by atoms with van der Waals surface area (Å²) in [6.45, 7) is 0. The molecule has 1 radical (unpaired) electrons. The van der Waals surface area contributed by atoms with E-state index in [-0.39, 0.29) is 5.75 Å². The van der Waals surface area contributed by atoms with E-state index >= 15 is 0 Å². The van der Waals surface area contributed by atoms with Crippen molar-refractivity contribution in [3.63, 3.8) is 0 Å². The van der Waals surface area contributed by atoms with Crippen molar-refractivity contribution < 1.29 is 5.11 Å². The predicted octanol–water partition coefficient (Wildman–Crippen LogP) is 3.28. The number of nitrogens with zero attached hydrogens (tertiary/aromatic N) is 1. The van der Waals surface area contributed by atoms with Gasteiger partial charge in [-0.2, -0.15) is 0 Å². The van der Waals surface area contributed by atoms with Crippen LogP contribution in [0.1, 0.15) is 0 Å². The second-order valence-corrected chi connectivity index (χ2v) is 5.32. The zero-order chi connectivity index (χ0) is 16.6. The van der Waals surface area contributed by atoms with Crippen LogP contribution in [0, 0.1) is 0 Å². The van der Waals surface area contributed by atoms with E-state index in [1.165, 1.54) is 10.9 Å². The van der Waals surface area contributed by atoms with Crippen molar-refractivity contribution >= 4 is 29.1 Å². The molecule has 1 N–H and O–H groups in total. The second kappa shape index (κ2) is 7.98. The van der Waals surface area contributed by atoms with Gasteiger partial charge in [0.25, 0.3) is 0 Å². The maximum atomic E-state index is 9.31. The number of para-hydroxylation sites is 1. The molecule has 0 saturated carbocycles. The van der Waals surface area contributed by atoms with Crippen LogP contribution in [-0.2, 0) is 0 Å². The van der Waals surface area contributed by atoms with Gasteiger partial charge in [-0.1, -0.05) is 89.8 Å². The van der Waals surface area contributed by atoms with Crippen LogP contribution in [0.15, 0.2) is 97.2 Å². The van der Waals surface area contributed by atoms with Gasteiger partial charge in [0.2, 0.25) is 0 Å². The maximum absolute atomic E-state index is 9.31. The van der Waals surface area contributed by atoms with Crippen LogP contribution in [-0.4, -0.2) is 17.4 Å². The lowest BCUT2D eigenvalue weighted by Crippen LogP contribution is -2.26. The Labute approximate surface area is 142 Å². The largest absolute Gasteiger partial charge is 0.506 e. The van der Waals surface area contributed by atoms with Crippen LogP contribution < -0.4 is 10.9 Å². The van der Waals surface area contributed by atoms with E-state index < -0.39 is 0 Å². The molecule has 0 aliphatic rings. The number of rotatable bonds is 2. The number of fused-ring (bicyclic) bond motifs is 1. The van der Waals surface area contributed by atoms with Gasteiger partial charge >= 0.3 is 0 Å². The number of phenolic OH excluding ortho intramolecular Hbond substituents is 1. The van der Waals surface area contributed by atoms with Gasteiger partial charge in [-0.05, 0) is 12.1 Å². The highest BCUT2D eigenvalue weighted by Crippen LogP contribution is 2.20. The summed E-state index contributed by atoms with van der Waals surface area (Å²) in [5.74, 6) is 0.239. The van der Waals surface area contributed by atoms with E-state index in [1.54, 1.807) is 18.3 Å². The molecule has 0 unspecified atom stereocenters. The lowest BCUT2D eigenvalue weighted by Gasteiger charge is -1.98. The summed E-state index contributed by atoms with van der Waals surface area (Å²) in [4.78, 5) is 4.03. The quantitative estimate of drug-likeness (QED) is 0.576. The molecular formula is C21H17BNO. The van der Waals surface area contributed by atoms with E-state index in [2.05, 4.69) is 60.8 Å². The first-order chi connectivity index (χ1) is 11.8. The summed E-state index contributed by atoms with van der Waals surface area (Å²) in [7, 11) is 2.17. The molecule has 4 aromatic rings. The van der Waals surface area contributed by atoms with Gasteiger partial charge in [0.15, 0.2) is 7.28 Å². The zero-order valence-corrected chi connectivity index (χ0v) is 13.2. The molecule has 0 saturated heterocycles. The highest BCUT2D eigenvalue weighted by molar-refractivity contribution is 6.67. The van der Waals surface area contributed by atoms with Crippen LogP contribution in [0.2, 0.25) is 0 Å². The van der Waals surface area contributed by atoms with Gasteiger partial charge in [0, 0.05) is 11.6 Å². The maximum Gasteiger partial charge on any atom is 0.191 e. The Balaban J connectivity index is 0.000000143.